The summed E-state index contributed by atoms with van der Waals surface area (Å²) in [5, 5.41) is 3.43. The molecule has 0 fully saturated rings. The molecule has 1 aromatic heterocycles. The lowest BCUT2D eigenvalue weighted by molar-refractivity contribution is 0.625. The van der Waals surface area contributed by atoms with Gasteiger partial charge >= 0.3 is 0 Å². The zero-order chi connectivity index (χ0) is 14.8. The monoisotopic (exact) mass is 303 g/mol. The van der Waals surface area contributed by atoms with E-state index >= 15 is 0 Å². The molecule has 1 aliphatic rings. The second kappa shape index (κ2) is 5.82. The molecule has 1 aromatic carbocycles. The molecule has 1 unspecified atom stereocenters. The van der Waals surface area contributed by atoms with Crippen molar-refractivity contribution in [2.75, 3.05) is 11.9 Å². The van der Waals surface area contributed by atoms with E-state index in [1.165, 1.54) is 12.1 Å². The number of fused-ring (bicyclic) bond motifs is 1. The van der Waals surface area contributed by atoms with Crippen molar-refractivity contribution < 1.29 is 4.39 Å². The van der Waals surface area contributed by atoms with Crippen LogP contribution in [0.5, 0.6) is 0 Å². The van der Waals surface area contributed by atoms with E-state index in [0.717, 1.165) is 35.5 Å². The summed E-state index contributed by atoms with van der Waals surface area (Å²) in [6.45, 7) is 4.31. The third-order valence-corrected chi connectivity index (χ3v) is 3.88. The summed E-state index contributed by atoms with van der Waals surface area (Å²) in [6, 6.07) is 6.57. The van der Waals surface area contributed by atoms with Crippen LogP contribution in [0.1, 0.15) is 29.2 Å². The Bertz CT molecular complexity index is 670. The molecule has 0 saturated heterocycles. The van der Waals surface area contributed by atoms with Gasteiger partial charge in [0.05, 0.1) is 5.69 Å². The largest absolute Gasteiger partial charge is 0.366 e. The van der Waals surface area contributed by atoms with Gasteiger partial charge < -0.3 is 5.32 Å². The fourth-order valence-electron chi connectivity index (χ4n) is 2.77. The molecule has 108 valence electrons. The molecule has 0 saturated carbocycles. The molecule has 1 aliphatic carbocycles. The van der Waals surface area contributed by atoms with Crippen molar-refractivity contribution in [1.82, 2.24) is 9.97 Å². The van der Waals surface area contributed by atoms with Crippen LogP contribution < -0.4 is 5.32 Å². The normalized spacial score (nSPS) is 16.6. The van der Waals surface area contributed by atoms with Gasteiger partial charge in [0.25, 0.3) is 0 Å². The van der Waals surface area contributed by atoms with E-state index in [4.69, 9.17) is 11.6 Å². The standard InChI is InChI=1S/C16H15ClFN3/c1-2-9-19-15-13-8-7-12(14(13)20-16(17)21-15)10-3-5-11(18)6-4-10/h2-6,12H,1,7-9H2,(H,19,20,21). The molecule has 5 heteroatoms. The van der Waals surface area contributed by atoms with Crippen molar-refractivity contribution in [3.05, 3.63) is 64.8 Å². The number of rotatable bonds is 4. The van der Waals surface area contributed by atoms with E-state index in [0.29, 0.717) is 6.54 Å². The topological polar surface area (TPSA) is 37.8 Å². The van der Waals surface area contributed by atoms with E-state index in [1.807, 2.05) is 12.1 Å². The zero-order valence-electron chi connectivity index (χ0n) is 11.4. The highest BCUT2D eigenvalue weighted by Gasteiger charge is 2.29. The van der Waals surface area contributed by atoms with E-state index in [-0.39, 0.29) is 17.0 Å². The van der Waals surface area contributed by atoms with Crippen molar-refractivity contribution in [3.63, 3.8) is 0 Å². The van der Waals surface area contributed by atoms with Gasteiger partial charge in [-0.1, -0.05) is 18.2 Å². The number of nitrogens with one attached hydrogen (secondary N) is 1. The van der Waals surface area contributed by atoms with Gasteiger partial charge in [0.2, 0.25) is 5.28 Å². The molecule has 0 amide bonds. The van der Waals surface area contributed by atoms with Crippen LogP contribution >= 0.6 is 11.6 Å². The van der Waals surface area contributed by atoms with Crippen LogP contribution in [0.2, 0.25) is 5.28 Å². The molecule has 0 spiro atoms. The molecule has 3 rings (SSSR count). The maximum Gasteiger partial charge on any atom is 0.224 e. The van der Waals surface area contributed by atoms with Crippen molar-refractivity contribution in [3.8, 4) is 0 Å². The van der Waals surface area contributed by atoms with E-state index in [1.54, 1.807) is 6.08 Å². The fourth-order valence-corrected chi connectivity index (χ4v) is 2.94. The van der Waals surface area contributed by atoms with E-state index in [9.17, 15) is 4.39 Å². The predicted molar refractivity (Wildman–Crippen MR) is 82.3 cm³/mol. The molecule has 3 nitrogen and oxygen atoms in total. The summed E-state index contributed by atoms with van der Waals surface area (Å²) < 4.78 is 13.1. The Morgan fingerprint density at radius 3 is 2.81 bits per heavy atom. The van der Waals surface area contributed by atoms with Gasteiger partial charge in [-0.2, -0.15) is 0 Å². The Balaban J connectivity index is 1.99. The summed E-state index contributed by atoms with van der Waals surface area (Å²) in [4.78, 5) is 8.66. The van der Waals surface area contributed by atoms with Crippen LogP contribution in [0, 0.1) is 5.82 Å². The Morgan fingerprint density at radius 2 is 2.10 bits per heavy atom. The number of nitrogens with zero attached hydrogens (tertiary/aromatic N) is 2. The van der Waals surface area contributed by atoms with Crippen LogP contribution in [0.4, 0.5) is 10.2 Å². The highest BCUT2D eigenvalue weighted by Crippen LogP contribution is 2.40. The number of benzene rings is 1. The van der Waals surface area contributed by atoms with Gasteiger partial charge in [-0.25, -0.2) is 14.4 Å². The summed E-state index contributed by atoms with van der Waals surface area (Å²) in [7, 11) is 0. The van der Waals surface area contributed by atoms with Crippen LogP contribution in [0.25, 0.3) is 0 Å². The third-order valence-electron chi connectivity index (χ3n) is 3.71. The number of hydrogen-bond donors (Lipinski definition) is 1. The van der Waals surface area contributed by atoms with Crippen LogP contribution in [0.3, 0.4) is 0 Å². The lowest BCUT2D eigenvalue weighted by Gasteiger charge is -2.13. The Kier molecular flexibility index (Phi) is 3.88. The van der Waals surface area contributed by atoms with Crippen LogP contribution in [0.15, 0.2) is 36.9 Å². The minimum atomic E-state index is -0.231. The summed E-state index contributed by atoms with van der Waals surface area (Å²) in [5.41, 5.74) is 3.09. The Morgan fingerprint density at radius 1 is 1.33 bits per heavy atom. The average Bonchev–Trinajstić information content (AvgIpc) is 2.89. The van der Waals surface area contributed by atoms with Crippen LogP contribution in [-0.2, 0) is 6.42 Å². The van der Waals surface area contributed by atoms with E-state index < -0.39 is 0 Å². The fraction of sp³-hybridized carbons (Fsp3) is 0.250. The van der Waals surface area contributed by atoms with Gasteiger partial charge in [-0.05, 0) is 42.1 Å². The zero-order valence-corrected chi connectivity index (χ0v) is 12.2. The lowest BCUT2D eigenvalue weighted by atomic mass is 9.97. The average molecular weight is 304 g/mol. The molecule has 1 atom stereocenters. The van der Waals surface area contributed by atoms with Gasteiger partial charge in [0.1, 0.15) is 11.6 Å². The third kappa shape index (κ3) is 2.76. The maximum absolute atomic E-state index is 13.1. The Hall–Kier alpha value is -1.94. The first-order valence-corrected chi connectivity index (χ1v) is 7.23. The highest BCUT2D eigenvalue weighted by molar-refractivity contribution is 6.28. The van der Waals surface area contributed by atoms with Crippen molar-refractivity contribution >= 4 is 17.4 Å². The quantitative estimate of drug-likeness (QED) is 0.686. The van der Waals surface area contributed by atoms with Crippen molar-refractivity contribution in [2.24, 2.45) is 0 Å². The minimum Gasteiger partial charge on any atom is -0.366 e. The first kappa shape index (κ1) is 14.0. The summed E-state index contributed by atoms with van der Waals surface area (Å²) in [6.07, 6.45) is 3.58. The predicted octanol–water partition coefficient (Wildman–Crippen LogP) is 3.95. The summed E-state index contributed by atoms with van der Waals surface area (Å²) in [5.74, 6) is 0.686. The molecule has 21 heavy (non-hydrogen) atoms. The smallest absolute Gasteiger partial charge is 0.224 e. The van der Waals surface area contributed by atoms with Crippen molar-refractivity contribution in [2.45, 2.75) is 18.8 Å². The minimum absolute atomic E-state index is 0.144. The van der Waals surface area contributed by atoms with E-state index in [2.05, 4.69) is 21.9 Å². The molecule has 2 aromatic rings. The lowest BCUT2D eigenvalue weighted by Crippen LogP contribution is -2.07. The summed E-state index contributed by atoms with van der Waals surface area (Å²) >= 11 is 6.04. The first-order valence-electron chi connectivity index (χ1n) is 6.85. The molecule has 0 bridgehead atoms. The molecule has 1 heterocycles. The number of aromatic nitrogens is 2. The maximum atomic E-state index is 13.1. The first-order chi connectivity index (χ1) is 10.2. The second-order valence-corrected chi connectivity index (χ2v) is 5.36. The SMILES string of the molecule is C=CCNc1nc(Cl)nc2c1CCC2c1ccc(F)cc1. The van der Waals surface area contributed by atoms with Crippen LogP contribution in [-0.4, -0.2) is 16.5 Å². The van der Waals surface area contributed by atoms with Gasteiger partial charge in [0.15, 0.2) is 0 Å². The molecular formula is C16H15ClFN3. The van der Waals surface area contributed by atoms with Gasteiger partial charge in [-0.3, -0.25) is 0 Å². The second-order valence-electron chi connectivity index (χ2n) is 5.02. The number of anilines is 1. The van der Waals surface area contributed by atoms with Gasteiger partial charge in [-0.15, -0.1) is 6.58 Å². The number of halogens is 2. The number of hydrogen-bond acceptors (Lipinski definition) is 3. The Labute approximate surface area is 127 Å². The highest BCUT2D eigenvalue weighted by atomic mass is 35.5. The van der Waals surface area contributed by atoms with Gasteiger partial charge in [0, 0.05) is 18.0 Å². The molecule has 0 radical (unpaired) electrons. The molecule has 0 aliphatic heterocycles. The van der Waals surface area contributed by atoms with Crippen molar-refractivity contribution in [1.29, 1.82) is 0 Å². The molecule has 1 N–H and O–H groups in total. The molecular weight excluding hydrogens is 289 g/mol.